The van der Waals surface area contributed by atoms with Crippen LogP contribution in [0.2, 0.25) is 0 Å². The molecular formula is C17H28N4O2S. The Hall–Kier alpha value is -1.34. The largest absolute Gasteiger partial charge is 0.444 e. The van der Waals surface area contributed by atoms with Gasteiger partial charge in [-0.3, -0.25) is 9.88 Å². The maximum Gasteiger partial charge on any atom is 0.407 e. The van der Waals surface area contributed by atoms with Gasteiger partial charge in [0.05, 0.1) is 5.69 Å². The van der Waals surface area contributed by atoms with E-state index in [4.69, 9.17) is 4.74 Å². The lowest BCUT2D eigenvalue weighted by Gasteiger charge is -2.32. The van der Waals surface area contributed by atoms with Crippen LogP contribution >= 0.6 is 11.8 Å². The fraction of sp³-hybridized carbons (Fsp3) is 0.706. The summed E-state index contributed by atoms with van der Waals surface area (Å²) in [6, 6.07) is 0. The van der Waals surface area contributed by atoms with Crippen LogP contribution in [-0.2, 0) is 11.3 Å². The van der Waals surface area contributed by atoms with E-state index < -0.39 is 5.60 Å². The molecule has 24 heavy (non-hydrogen) atoms. The molecule has 0 bridgehead atoms. The number of ether oxygens (including phenoxy) is 1. The zero-order valence-electron chi connectivity index (χ0n) is 15.0. The monoisotopic (exact) mass is 352 g/mol. The van der Waals surface area contributed by atoms with Crippen molar-refractivity contribution in [2.45, 2.75) is 50.8 Å². The molecule has 1 aromatic rings. The van der Waals surface area contributed by atoms with Gasteiger partial charge in [-0.05, 0) is 52.3 Å². The minimum atomic E-state index is -0.455. The lowest BCUT2D eigenvalue weighted by atomic mass is 9.98. The first kappa shape index (κ1) is 19.0. The fourth-order valence-corrected chi connectivity index (χ4v) is 3.37. The van der Waals surface area contributed by atoms with E-state index in [0.717, 1.165) is 43.2 Å². The summed E-state index contributed by atoms with van der Waals surface area (Å²) < 4.78 is 5.30. The number of piperidine rings is 1. The number of nitrogens with zero attached hydrogens (tertiary/aromatic N) is 3. The molecule has 0 aromatic carbocycles. The number of aromatic nitrogens is 2. The molecule has 1 atom stereocenters. The predicted octanol–water partition coefficient (Wildman–Crippen LogP) is 2.94. The molecule has 1 amide bonds. The van der Waals surface area contributed by atoms with Crippen LogP contribution in [0.4, 0.5) is 4.79 Å². The number of hydrogen-bond donors (Lipinski definition) is 1. The number of thioether (sulfide) groups is 1. The van der Waals surface area contributed by atoms with Crippen LogP contribution in [-0.4, -0.2) is 52.5 Å². The molecule has 0 saturated carbocycles. The summed E-state index contributed by atoms with van der Waals surface area (Å²) in [7, 11) is 0. The van der Waals surface area contributed by atoms with Crippen LogP contribution in [0.15, 0.2) is 17.4 Å². The number of likely N-dealkylation sites (tertiary alicyclic amines) is 1. The lowest BCUT2D eigenvalue weighted by molar-refractivity contribution is 0.0506. The molecule has 1 aliphatic heterocycles. The number of nitrogens with one attached hydrogen (secondary N) is 1. The van der Waals surface area contributed by atoms with E-state index in [0.29, 0.717) is 12.5 Å². The van der Waals surface area contributed by atoms with Crippen LogP contribution in [0.1, 0.15) is 39.3 Å². The molecule has 1 unspecified atom stereocenters. The van der Waals surface area contributed by atoms with Gasteiger partial charge in [0.25, 0.3) is 0 Å². The summed E-state index contributed by atoms with van der Waals surface area (Å²) in [5.74, 6) is 0.445. The number of rotatable bonds is 5. The number of carbonyl (C=O) groups is 1. The van der Waals surface area contributed by atoms with Crippen molar-refractivity contribution in [2.75, 3.05) is 25.9 Å². The number of carbonyl (C=O) groups excluding carboxylic acids is 1. The van der Waals surface area contributed by atoms with Crippen LogP contribution in [0.3, 0.4) is 0 Å². The summed E-state index contributed by atoms with van der Waals surface area (Å²) in [6.45, 7) is 9.11. The SMILES string of the molecule is CSc1nccnc1CN1CCCC(CNC(=O)OC(C)(C)C)C1. The molecule has 0 radical (unpaired) electrons. The predicted molar refractivity (Wildman–Crippen MR) is 96.1 cm³/mol. The fourth-order valence-electron chi connectivity index (χ4n) is 2.85. The maximum atomic E-state index is 11.8. The van der Waals surface area contributed by atoms with Crippen molar-refractivity contribution in [3.05, 3.63) is 18.1 Å². The van der Waals surface area contributed by atoms with Gasteiger partial charge in [-0.2, -0.15) is 0 Å². The first-order chi connectivity index (χ1) is 11.4. The minimum absolute atomic E-state index is 0.335. The van der Waals surface area contributed by atoms with Crippen LogP contribution in [0, 0.1) is 5.92 Å². The molecule has 0 aliphatic carbocycles. The standard InChI is InChI=1S/C17H28N4O2S/c1-17(2,3)23-16(22)20-10-13-6-5-9-21(11-13)12-14-15(24-4)19-8-7-18-14/h7-8,13H,5-6,9-12H2,1-4H3,(H,20,22). The molecular weight excluding hydrogens is 324 g/mol. The highest BCUT2D eigenvalue weighted by molar-refractivity contribution is 7.98. The topological polar surface area (TPSA) is 67.4 Å². The van der Waals surface area contributed by atoms with Gasteiger partial charge in [-0.1, -0.05) is 0 Å². The molecule has 1 N–H and O–H groups in total. The van der Waals surface area contributed by atoms with E-state index in [1.54, 1.807) is 24.2 Å². The minimum Gasteiger partial charge on any atom is -0.444 e. The van der Waals surface area contributed by atoms with E-state index in [1.807, 2.05) is 27.0 Å². The molecule has 2 heterocycles. The molecule has 0 spiro atoms. The molecule has 2 rings (SSSR count). The normalized spacial score (nSPS) is 19.1. The molecule has 7 heteroatoms. The van der Waals surface area contributed by atoms with Crippen LogP contribution in [0.25, 0.3) is 0 Å². The Morgan fingerprint density at radius 1 is 1.42 bits per heavy atom. The van der Waals surface area contributed by atoms with E-state index in [9.17, 15) is 4.79 Å². The summed E-state index contributed by atoms with van der Waals surface area (Å²) in [4.78, 5) is 23.0. The van der Waals surface area contributed by atoms with Gasteiger partial charge < -0.3 is 10.1 Å². The van der Waals surface area contributed by atoms with Crippen molar-refractivity contribution in [3.8, 4) is 0 Å². The van der Waals surface area contributed by atoms with Gasteiger partial charge in [-0.25, -0.2) is 9.78 Å². The van der Waals surface area contributed by atoms with Gasteiger partial charge >= 0.3 is 6.09 Å². The quantitative estimate of drug-likeness (QED) is 0.822. The number of alkyl carbamates (subject to hydrolysis) is 1. The Morgan fingerprint density at radius 2 is 2.17 bits per heavy atom. The van der Waals surface area contributed by atoms with Crippen molar-refractivity contribution in [3.63, 3.8) is 0 Å². The van der Waals surface area contributed by atoms with E-state index in [-0.39, 0.29) is 6.09 Å². The van der Waals surface area contributed by atoms with Gasteiger partial charge in [0.1, 0.15) is 10.6 Å². The first-order valence-electron chi connectivity index (χ1n) is 8.40. The van der Waals surface area contributed by atoms with Crippen LogP contribution < -0.4 is 5.32 Å². The number of hydrogen-bond acceptors (Lipinski definition) is 6. The Balaban J connectivity index is 1.82. The zero-order valence-corrected chi connectivity index (χ0v) is 15.9. The Labute approximate surface area is 148 Å². The summed E-state index contributed by atoms with van der Waals surface area (Å²) in [5, 5.41) is 3.89. The van der Waals surface area contributed by atoms with E-state index in [1.165, 1.54) is 0 Å². The third kappa shape index (κ3) is 6.28. The molecule has 1 fully saturated rings. The second-order valence-corrected chi connectivity index (χ2v) is 7.93. The van der Waals surface area contributed by atoms with Crippen molar-refractivity contribution in [1.29, 1.82) is 0 Å². The third-order valence-electron chi connectivity index (χ3n) is 3.84. The zero-order chi connectivity index (χ0) is 17.6. The van der Waals surface area contributed by atoms with Gasteiger partial charge in [0, 0.05) is 32.0 Å². The second kappa shape index (κ2) is 8.67. The van der Waals surface area contributed by atoms with Crippen molar-refractivity contribution in [1.82, 2.24) is 20.2 Å². The third-order valence-corrected chi connectivity index (χ3v) is 4.57. The Bertz CT molecular complexity index is 548. The van der Waals surface area contributed by atoms with Gasteiger partial charge in [-0.15, -0.1) is 11.8 Å². The van der Waals surface area contributed by atoms with Crippen LogP contribution in [0.5, 0.6) is 0 Å². The molecule has 1 saturated heterocycles. The highest BCUT2D eigenvalue weighted by Gasteiger charge is 2.23. The summed E-state index contributed by atoms with van der Waals surface area (Å²) in [5.41, 5.74) is 0.578. The smallest absolute Gasteiger partial charge is 0.407 e. The van der Waals surface area contributed by atoms with Gasteiger partial charge in [0.15, 0.2) is 0 Å². The average Bonchev–Trinajstić information content (AvgIpc) is 2.52. The molecule has 1 aliphatic rings. The first-order valence-corrected chi connectivity index (χ1v) is 9.63. The molecule has 1 aromatic heterocycles. The summed E-state index contributed by atoms with van der Waals surface area (Å²) >= 11 is 1.63. The lowest BCUT2D eigenvalue weighted by Crippen LogP contribution is -2.42. The Morgan fingerprint density at radius 3 is 2.88 bits per heavy atom. The molecule has 6 nitrogen and oxygen atoms in total. The van der Waals surface area contributed by atoms with Gasteiger partial charge in [0.2, 0.25) is 0 Å². The van der Waals surface area contributed by atoms with Crippen molar-refractivity contribution >= 4 is 17.9 Å². The van der Waals surface area contributed by atoms with Crippen molar-refractivity contribution < 1.29 is 9.53 Å². The van der Waals surface area contributed by atoms with E-state index >= 15 is 0 Å². The van der Waals surface area contributed by atoms with E-state index in [2.05, 4.69) is 20.2 Å². The molecule has 134 valence electrons. The number of amides is 1. The average molecular weight is 353 g/mol. The Kier molecular flexibility index (Phi) is 6.86. The highest BCUT2D eigenvalue weighted by Crippen LogP contribution is 2.21. The van der Waals surface area contributed by atoms with Crippen molar-refractivity contribution in [2.24, 2.45) is 5.92 Å². The second-order valence-electron chi connectivity index (χ2n) is 7.14. The summed E-state index contributed by atoms with van der Waals surface area (Å²) in [6.07, 6.45) is 7.44. The maximum absolute atomic E-state index is 11.8. The highest BCUT2D eigenvalue weighted by atomic mass is 32.2.